The highest BCUT2D eigenvalue weighted by Gasteiger charge is 2.22. The molecule has 142 heavy (non-hydrogen) atoms. The van der Waals surface area contributed by atoms with E-state index in [9.17, 15) is 73.5 Å². The van der Waals surface area contributed by atoms with Crippen LogP contribution in [0.15, 0.2) is 303 Å². The van der Waals surface area contributed by atoms with E-state index < -0.39 is 59.7 Å². The van der Waals surface area contributed by atoms with Gasteiger partial charge >= 0.3 is 59.7 Å². The van der Waals surface area contributed by atoms with Gasteiger partial charge in [0.2, 0.25) is 0 Å². The second kappa shape index (κ2) is 50.4. The second-order valence-corrected chi connectivity index (χ2v) is 32.9. The van der Waals surface area contributed by atoms with Gasteiger partial charge < -0.3 is 84.2 Å². The Labute approximate surface area is 819 Å². The average Bonchev–Trinajstić information content (AvgIpc) is 0.801. The fraction of sp³-hybridized carbons (Fsp3) is 0.130. The summed E-state index contributed by atoms with van der Waals surface area (Å²) in [5.74, 6) is -4.69. The summed E-state index contributed by atoms with van der Waals surface area (Å²) in [6.45, 7) is 26.1. The van der Waals surface area contributed by atoms with Gasteiger partial charge in [-0.1, -0.05) is 171 Å². The van der Waals surface area contributed by atoms with Crippen molar-refractivity contribution in [3.05, 3.63) is 448 Å². The Morgan fingerprint density at radius 1 is 0.169 bits per heavy atom. The molecule has 0 saturated carbocycles. The van der Waals surface area contributed by atoms with Crippen molar-refractivity contribution in [1.82, 2.24) is 0 Å². The van der Waals surface area contributed by atoms with Crippen LogP contribution < -0.4 is 33.2 Å². The lowest BCUT2D eigenvalue weighted by Gasteiger charge is -2.15. The molecule has 0 amide bonds. The molecule has 10 N–H and O–H groups in total. The molecule has 0 aliphatic carbocycles. The minimum absolute atomic E-state index is 0.0244. The van der Waals surface area contributed by atoms with Gasteiger partial charge in [-0.05, 0) is 312 Å². The lowest BCUT2D eigenvalue weighted by Crippen LogP contribution is -2.03. The van der Waals surface area contributed by atoms with Crippen molar-refractivity contribution in [2.45, 2.75) is 103 Å². The van der Waals surface area contributed by atoms with E-state index in [0.29, 0.717) is 74.7 Å². The van der Waals surface area contributed by atoms with Gasteiger partial charge in [0.25, 0.3) is 0 Å². The topological polar surface area (TPSA) is 438 Å². The molecule has 27 nitrogen and oxygen atoms in total. The highest BCUT2D eigenvalue weighted by Crippen LogP contribution is 2.40. The maximum atomic E-state index is 11.5. The van der Waals surface area contributed by atoms with Gasteiger partial charge in [0, 0.05) is 12.1 Å². The molecule has 0 aliphatic heterocycles. The molecule has 0 atom stereocenters. The van der Waals surface area contributed by atoms with E-state index >= 15 is 0 Å². The first-order valence-corrected chi connectivity index (χ1v) is 43.8. The fourth-order valence-corrected chi connectivity index (χ4v) is 13.5. The Bertz CT molecular complexity index is 6840. The molecule has 0 saturated heterocycles. The predicted molar refractivity (Wildman–Crippen MR) is 536 cm³/mol. The van der Waals surface area contributed by atoms with Crippen LogP contribution in [0.5, 0.6) is 80.5 Å². The van der Waals surface area contributed by atoms with E-state index in [0.717, 1.165) is 77.9 Å². The molecule has 27 heteroatoms. The van der Waals surface area contributed by atoms with Crippen LogP contribution in [-0.2, 0) is 6.42 Å². The molecule has 0 unspecified atom stereocenters. The standard InChI is InChI=1S/2C22H18O6.C21H18O4.C17H16O4.C15H14O3.2C9H10O2/c1-13-6-8-19(17(10-13)21(23)24)27-15-4-3-5-16(12-15)28-20-9-7-14(2)11-18(20)22(25)26;1-13-7-9-17(15(11-13)21(23)24)27-19-5-3-4-6-20(19)28-18-10-8-14(2)12-16(18)22(25)26;1-14-3-7-17(8-4-14)24-19-11-16(21(22)23)12-20(13-19)25-18-9-5-15(2)6-10-18;1-10-3-5-12(8-14(10)16(18)19)7-13-6-4-11(2)15(9-13)17(20)21;1-10-3-6-12(7-4-10)18-13-8-5-11(2)14(9-13)15(16)17;1-6-3-7(2)5-8(4-6)9(10)11;1-6-3-4-8(9(10)11)5-7(6)2/h2*3-12H,1-2H3,(H,23,24)(H,25,26);3-13H,1-2H3,(H,22,23);3-6,8-9H,7H2,1-2H3,(H,18,19)(H,20,21);3-9H,1-2H3,(H,16,17);2*3-5H,1-2H3,(H,10,11). The number of hydrogen-bond donors (Lipinski definition) is 10. The first-order chi connectivity index (χ1) is 67.3. The van der Waals surface area contributed by atoms with Crippen LogP contribution >= 0.6 is 0 Å². The van der Waals surface area contributed by atoms with E-state index in [4.69, 9.17) is 58.7 Å². The van der Waals surface area contributed by atoms with Crippen LogP contribution in [0.4, 0.5) is 0 Å². The van der Waals surface area contributed by atoms with E-state index in [1.54, 1.807) is 212 Å². The maximum absolute atomic E-state index is 11.5. The van der Waals surface area contributed by atoms with Gasteiger partial charge in [0.15, 0.2) is 11.5 Å². The Hall–Kier alpha value is -18.4. The van der Waals surface area contributed by atoms with Crippen molar-refractivity contribution in [2.24, 2.45) is 0 Å². The number of rotatable bonds is 26. The van der Waals surface area contributed by atoms with Gasteiger partial charge in [0.1, 0.15) is 91.2 Å². The largest absolute Gasteiger partial charge is 0.478 e. The number of hydrogen-bond acceptors (Lipinski definition) is 17. The van der Waals surface area contributed by atoms with E-state index in [1.165, 1.54) is 42.5 Å². The molecule has 15 rings (SSSR count). The summed E-state index contributed by atoms with van der Waals surface area (Å²) in [6.07, 6.45) is 0.501. The SMILES string of the molecule is Cc1cc(C)cc(C(=O)O)c1.Cc1ccc(C(=O)O)cc1C.Cc1ccc(Cc2ccc(C)c(C(=O)O)c2)cc1C(=O)O.Cc1ccc(Oc2cc(Oc3ccc(C)cc3)cc(C(=O)O)c2)cc1.Cc1ccc(Oc2ccc(C)c(C(=O)O)c2)cc1.Cc1ccc(Oc2cccc(Oc3ccc(C)cc3C(=O)O)c2)c(C(=O)O)c1.Cc1ccc(Oc2ccccc2Oc2ccc(C)cc2C(=O)O)c(C(=O)O)c1. The van der Waals surface area contributed by atoms with E-state index in [2.05, 4.69) is 0 Å². The van der Waals surface area contributed by atoms with Gasteiger partial charge in [-0.3, -0.25) is 0 Å². The zero-order valence-corrected chi connectivity index (χ0v) is 80.0. The Morgan fingerprint density at radius 3 is 0.782 bits per heavy atom. The summed E-state index contributed by atoms with van der Waals surface area (Å²) in [5.41, 5.74) is 16.3. The fourth-order valence-electron chi connectivity index (χ4n) is 13.5. The third kappa shape index (κ3) is 32.7. The molecule has 0 aliphatic rings. The number of ether oxygens (including phenoxy) is 7. The normalized spacial score (nSPS) is 10.2. The summed E-state index contributed by atoms with van der Waals surface area (Å²) in [7, 11) is 0. The van der Waals surface area contributed by atoms with Gasteiger partial charge in [0.05, 0.1) is 33.4 Å². The first kappa shape index (κ1) is 107. The number of benzene rings is 15. The van der Waals surface area contributed by atoms with Crippen molar-refractivity contribution in [3.8, 4) is 80.5 Å². The van der Waals surface area contributed by atoms with Crippen LogP contribution in [0.25, 0.3) is 0 Å². The van der Waals surface area contributed by atoms with Crippen molar-refractivity contribution in [2.75, 3.05) is 0 Å². The van der Waals surface area contributed by atoms with Gasteiger partial charge in [-0.2, -0.15) is 0 Å². The van der Waals surface area contributed by atoms with Gasteiger partial charge in [-0.25, -0.2) is 47.9 Å². The van der Waals surface area contributed by atoms with Crippen molar-refractivity contribution < 1.29 is 132 Å². The van der Waals surface area contributed by atoms with Crippen molar-refractivity contribution >= 4 is 59.7 Å². The van der Waals surface area contributed by atoms with Crippen LogP contribution in [0.1, 0.15) is 193 Å². The molecule has 0 bridgehead atoms. The molecule has 0 spiro atoms. The van der Waals surface area contributed by atoms with Crippen molar-refractivity contribution in [3.63, 3.8) is 0 Å². The van der Waals surface area contributed by atoms with Crippen LogP contribution in [0.3, 0.4) is 0 Å². The molecular formula is C115H104O27. The number of aryl methyl sites for hydroxylation is 14. The minimum atomic E-state index is -1.11. The van der Waals surface area contributed by atoms with Gasteiger partial charge in [-0.15, -0.1) is 0 Å². The average molecular weight is 1920 g/mol. The number of carboxylic acids is 10. The number of carboxylic acid groups (broad SMARTS) is 10. The van der Waals surface area contributed by atoms with E-state index in [1.807, 2.05) is 146 Å². The lowest BCUT2D eigenvalue weighted by molar-refractivity contribution is 0.0682. The van der Waals surface area contributed by atoms with Crippen LogP contribution in [0.2, 0.25) is 0 Å². The maximum Gasteiger partial charge on any atom is 0.339 e. The number of carbonyl (C=O) groups is 10. The lowest BCUT2D eigenvalue weighted by atomic mass is 9.97. The first-order valence-electron chi connectivity index (χ1n) is 43.8. The molecular weight excluding hydrogens is 1810 g/mol. The molecule has 726 valence electrons. The molecule has 0 fully saturated rings. The predicted octanol–water partition coefficient (Wildman–Crippen LogP) is 27.2. The van der Waals surface area contributed by atoms with Crippen LogP contribution in [-0.4, -0.2) is 111 Å². The molecule has 0 heterocycles. The third-order valence-corrected chi connectivity index (χ3v) is 21.0. The molecule has 0 aromatic heterocycles. The van der Waals surface area contributed by atoms with E-state index in [-0.39, 0.29) is 79.0 Å². The van der Waals surface area contributed by atoms with Crippen LogP contribution in [0, 0.1) is 96.9 Å². The summed E-state index contributed by atoms with van der Waals surface area (Å²) >= 11 is 0. The zero-order valence-electron chi connectivity index (χ0n) is 80.0. The molecule has 15 aromatic carbocycles. The smallest absolute Gasteiger partial charge is 0.339 e. The van der Waals surface area contributed by atoms with Crippen molar-refractivity contribution in [1.29, 1.82) is 0 Å². The summed E-state index contributed by atoms with van der Waals surface area (Å²) in [5, 5.41) is 91.4. The summed E-state index contributed by atoms with van der Waals surface area (Å²) in [6, 6.07) is 85.9. The number of para-hydroxylation sites is 2. The second-order valence-electron chi connectivity index (χ2n) is 32.9. The Morgan fingerprint density at radius 2 is 0.451 bits per heavy atom. The highest BCUT2D eigenvalue weighted by atomic mass is 16.5. The highest BCUT2D eigenvalue weighted by molar-refractivity contribution is 5.95. The molecule has 0 radical (unpaired) electrons. The molecule has 15 aromatic rings. The Balaban J connectivity index is 0.000000189. The zero-order chi connectivity index (χ0) is 104. The quantitative estimate of drug-likeness (QED) is 0.0241. The summed E-state index contributed by atoms with van der Waals surface area (Å²) < 4.78 is 40.2. The summed E-state index contributed by atoms with van der Waals surface area (Å²) in [4.78, 5) is 112. The number of aromatic carboxylic acids is 10. The Kier molecular flexibility index (Phi) is 38.1. The minimum Gasteiger partial charge on any atom is -0.478 e. The third-order valence-electron chi connectivity index (χ3n) is 21.0. The monoisotopic (exact) mass is 1920 g/mol.